The number of carbonyl (C=O) groups excluding carboxylic acids is 2. The van der Waals surface area contributed by atoms with E-state index < -0.39 is 12.1 Å². The van der Waals surface area contributed by atoms with Crippen molar-refractivity contribution in [2.45, 2.75) is 26.9 Å². The first kappa shape index (κ1) is 18.4. The standard InChI is InChI=1S/C17H17Cl2NO4/c1-8-13(17(22)23-4)9(2)20-15(8)16(21)10(3)24-12-7-5-6-11(18)14(12)19/h5-7,10,20H,1-4H3. The Balaban J connectivity index is 2.29. The van der Waals surface area contributed by atoms with E-state index in [0.29, 0.717) is 33.3 Å². The van der Waals surface area contributed by atoms with E-state index in [9.17, 15) is 9.59 Å². The van der Waals surface area contributed by atoms with E-state index in [1.807, 2.05) is 0 Å². The van der Waals surface area contributed by atoms with Gasteiger partial charge in [-0.2, -0.15) is 0 Å². The summed E-state index contributed by atoms with van der Waals surface area (Å²) in [5.41, 5.74) is 1.75. The van der Waals surface area contributed by atoms with E-state index in [1.165, 1.54) is 7.11 Å². The van der Waals surface area contributed by atoms with Gasteiger partial charge in [0.2, 0.25) is 5.78 Å². The molecule has 1 aromatic carbocycles. The van der Waals surface area contributed by atoms with Crippen molar-refractivity contribution in [1.29, 1.82) is 0 Å². The number of carbonyl (C=O) groups is 2. The number of Topliss-reactive ketones (excluding diaryl/α,β-unsaturated/α-hetero) is 1. The lowest BCUT2D eigenvalue weighted by atomic mass is 10.1. The van der Waals surface area contributed by atoms with Gasteiger partial charge in [-0.3, -0.25) is 4.79 Å². The largest absolute Gasteiger partial charge is 0.481 e. The number of aryl methyl sites for hydroxylation is 1. The number of nitrogens with one attached hydrogen (secondary N) is 1. The van der Waals surface area contributed by atoms with Crippen molar-refractivity contribution in [2.75, 3.05) is 7.11 Å². The molecule has 24 heavy (non-hydrogen) atoms. The normalized spacial score (nSPS) is 11.9. The highest BCUT2D eigenvalue weighted by Crippen LogP contribution is 2.32. The molecule has 5 nitrogen and oxygen atoms in total. The molecule has 0 aliphatic carbocycles. The fourth-order valence-electron chi connectivity index (χ4n) is 2.43. The lowest BCUT2D eigenvalue weighted by molar-refractivity contribution is 0.0599. The van der Waals surface area contributed by atoms with Crippen LogP contribution in [0.2, 0.25) is 10.0 Å². The van der Waals surface area contributed by atoms with Gasteiger partial charge in [-0.15, -0.1) is 0 Å². The van der Waals surface area contributed by atoms with Gasteiger partial charge in [0.25, 0.3) is 0 Å². The third kappa shape index (κ3) is 3.42. The number of benzene rings is 1. The molecule has 0 radical (unpaired) electrons. The van der Waals surface area contributed by atoms with Crippen LogP contribution < -0.4 is 4.74 Å². The lowest BCUT2D eigenvalue weighted by Crippen LogP contribution is -2.25. The topological polar surface area (TPSA) is 68.4 Å². The van der Waals surface area contributed by atoms with Crippen LogP contribution in [0.5, 0.6) is 5.75 Å². The molecule has 7 heteroatoms. The number of ether oxygens (including phenoxy) is 2. The molecule has 0 amide bonds. The lowest BCUT2D eigenvalue weighted by Gasteiger charge is -2.15. The van der Waals surface area contributed by atoms with Gasteiger partial charge in [0.05, 0.1) is 23.4 Å². The first-order valence-electron chi connectivity index (χ1n) is 7.20. The summed E-state index contributed by atoms with van der Waals surface area (Å²) in [7, 11) is 1.29. The molecule has 1 atom stereocenters. The molecule has 0 aliphatic rings. The second kappa shape index (κ2) is 7.28. The van der Waals surface area contributed by atoms with Crippen LogP contribution in [0.4, 0.5) is 0 Å². The summed E-state index contributed by atoms with van der Waals surface area (Å²) in [6.07, 6.45) is -0.816. The highest BCUT2D eigenvalue weighted by atomic mass is 35.5. The smallest absolute Gasteiger partial charge is 0.339 e. The minimum atomic E-state index is -0.816. The Labute approximate surface area is 149 Å². The second-order valence-corrected chi connectivity index (χ2v) is 6.08. The summed E-state index contributed by atoms with van der Waals surface area (Å²) in [5, 5.41) is 0.585. The Kier molecular flexibility index (Phi) is 5.57. The van der Waals surface area contributed by atoms with Gasteiger partial charge < -0.3 is 14.5 Å². The van der Waals surface area contributed by atoms with E-state index in [1.54, 1.807) is 39.0 Å². The summed E-state index contributed by atoms with van der Waals surface area (Å²) in [5.74, 6) is -0.479. The summed E-state index contributed by atoms with van der Waals surface area (Å²) >= 11 is 12.0. The number of esters is 1. The molecule has 1 unspecified atom stereocenters. The number of ketones is 1. The maximum Gasteiger partial charge on any atom is 0.339 e. The zero-order valence-corrected chi connectivity index (χ0v) is 15.2. The van der Waals surface area contributed by atoms with Crippen molar-refractivity contribution < 1.29 is 19.1 Å². The Hall–Kier alpha value is -1.98. The molecule has 0 aliphatic heterocycles. The molecule has 1 heterocycles. The highest BCUT2D eigenvalue weighted by Gasteiger charge is 2.26. The minimum absolute atomic E-state index is 0.244. The average Bonchev–Trinajstić information content (AvgIpc) is 2.85. The van der Waals surface area contributed by atoms with Crippen LogP contribution in [-0.2, 0) is 4.74 Å². The van der Waals surface area contributed by atoms with Gasteiger partial charge in [-0.05, 0) is 38.5 Å². The molecule has 0 saturated heterocycles. The van der Waals surface area contributed by atoms with Crippen LogP contribution in [0, 0.1) is 13.8 Å². The first-order chi connectivity index (χ1) is 11.3. The molecular formula is C17H17Cl2NO4. The minimum Gasteiger partial charge on any atom is -0.481 e. The Morgan fingerprint density at radius 2 is 1.88 bits per heavy atom. The highest BCUT2D eigenvalue weighted by molar-refractivity contribution is 6.42. The van der Waals surface area contributed by atoms with Crippen LogP contribution in [0.25, 0.3) is 0 Å². The van der Waals surface area contributed by atoms with E-state index in [2.05, 4.69) is 4.98 Å². The Morgan fingerprint density at radius 3 is 2.50 bits per heavy atom. The predicted octanol–water partition coefficient (Wildman–Crippen LogP) is 4.38. The third-order valence-corrected chi connectivity index (χ3v) is 4.46. The molecule has 2 aromatic rings. The van der Waals surface area contributed by atoms with Crippen LogP contribution in [0.15, 0.2) is 18.2 Å². The van der Waals surface area contributed by atoms with Crippen LogP contribution >= 0.6 is 23.2 Å². The van der Waals surface area contributed by atoms with Crippen molar-refractivity contribution in [1.82, 2.24) is 4.98 Å². The van der Waals surface area contributed by atoms with E-state index in [-0.39, 0.29) is 10.8 Å². The van der Waals surface area contributed by atoms with Crippen molar-refractivity contribution in [2.24, 2.45) is 0 Å². The number of H-pyrrole nitrogens is 1. The van der Waals surface area contributed by atoms with Crippen LogP contribution in [0.3, 0.4) is 0 Å². The molecule has 0 spiro atoms. The van der Waals surface area contributed by atoms with Crippen molar-refractivity contribution >= 4 is 35.0 Å². The zero-order valence-electron chi connectivity index (χ0n) is 13.7. The van der Waals surface area contributed by atoms with Gasteiger partial charge >= 0.3 is 5.97 Å². The van der Waals surface area contributed by atoms with Crippen molar-refractivity contribution in [3.8, 4) is 5.75 Å². The SMILES string of the molecule is COC(=O)c1c(C)[nH]c(C(=O)C(C)Oc2cccc(Cl)c2Cl)c1C. The summed E-state index contributed by atoms with van der Waals surface area (Å²) in [4.78, 5) is 27.4. The molecule has 0 bridgehead atoms. The number of hydrogen-bond donors (Lipinski definition) is 1. The second-order valence-electron chi connectivity index (χ2n) is 5.29. The van der Waals surface area contributed by atoms with Gasteiger partial charge in [-0.1, -0.05) is 29.3 Å². The quantitative estimate of drug-likeness (QED) is 0.627. The van der Waals surface area contributed by atoms with Gasteiger partial charge in [0.1, 0.15) is 10.8 Å². The summed E-state index contributed by atoms with van der Waals surface area (Å²) in [6.45, 7) is 4.99. The number of methoxy groups -OCH3 is 1. The fourth-order valence-corrected chi connectivity index (χ4v) is 2.76. The number of aromatic nitrogens is 1. The number of rotatable bonds is 5. The van der Waals surface area contributed by atoms with E-state index in [0.717, 1.165) is 0 Å². The molecule has 1 N–H and O–H groups in total. The molecular weight excluding hydrogens is 353 g/mol. The van der Waals surface area contributed by atoms with Crippen molar-refractivity contribution in [3.63, 3.8) is 0 Å². The number of hydrogen-bond acceptors (Lipinski definition) is 4. The van der Waals surface area contributed by atoms with Gasteiger partial charge in [0, 0.05) is 5.69 Å². The molecule has 0 saturated carbocycles. The maximum absolute atomic E-state index is 12.7. The number of halogens is 2. The summed E-state index contributed by atoms with van der Waals surface area (Å²) in [6, 6.07) is 4.94. The average molecular weight is 370 g/mol. The van der Waals surface area contributed by atoms with Crippen LogP contribution in [0.1, 0.15) is 39.0 Å². The van der Waals surface area contributed by atoms with Crippen LogP contribution in [-0.4, -0.2) is 30.0 Å². The monoisotopic (exact) mass is 369 g/mol. The van der Waals surface area contributed by atoms with Crippen molar-refractivity contribution in [3.05, 3.63) is 50.8 Å². The Morgan fingerprint density at radius 1 is 1.21 bits per heavy atom. The predicted molar refractivity (Wildman–Crippen MR) is 92.5 cm³/mol. The fraction of sp³-hybridized carbons (Fsp3) is 0.294. The van der Waals surface area contributed by atoms with E-state index in [4.69, 9.17) is 32.7 Å². The molecule has 2 rings (SSSR count). The summed E-state index contributed by atoms with van der Waals surface area (Å²) < 4.78 is 10.4. The van der Waals surface area contributed by atoms with Gasteiger partial charge in [0.15, 0.2) is 6.10 Å². The Bertz CT molecular complexity index is 798. The number of aromatic amines is 1. The molecule has 128 valence electrons. The molecule has 1 aromatic heterocycles. The van der Waals surface area contributed by atoms with Gasteiger partial charge in [-0.25, -0.2) is 4.79 Å². The van der Waals surface area contributed by atoms with E-state index >= 15 is 0 Å². The zero-order chi connectivity index (χ0) is 18.0. The first-order valence-corrected chi connectivity index (χ1v) is 7.95. The maximum atomic E-state index is 12.7. The third-order valence-electron chi connectivity index (χ3n) is 3.66. The molecule has 0 fully saturated rings.